The van der Waals surface area contributed by atoms with Gasteiger partial charge in [-0.3, -0.25) is 4.79 Å². The van der Waals surface area contributed by atoms with Crippen LogP contribution in [0.25, 0.3) is 0 Å². The monoisotopic (exact) mass is 116 g/mol. The van der Waals surface area contributed by atoms with Crippen LogP contribution >= 0.6 is 0 Å². The Morgan fingerprint density at radius 1 is 1.50 bits per heavy atom. The zero-order valence-corrected chi connectivity index (χ0v) is 4.68. The molecule has 0 saturated heterocycles. The van der Waals surface area contributed by atoms with E-state index in [-0.39, 0.29) is 6.61 Å². The molecule has 8 heavy (non-hydrogen) atoms. The SMILES string of the molecule is O=[C]CCNCCO. The smallest absolute Gasteiger partial charge is 0.199 e. The van der Waals surface area contributed by atoms with Crippen molar-refractivity contribution in [1.29, 1.82) is 0 Å². The second kappa shape index (κ2) is 6.59. The van der Waals surface area contributed by atoms with Gasteiger partial charge in [-0.25, -0.2) is 0 Å². The van der Waals surface area contributed by atoms with E-state index in [1.807, 2.05) is 0 Å². The Labute approximate surface area is 48.7 Å². The maximum Gasteiger partial charge on any atom is 0.199 e. The van der Waals surface area contributed by atoms with Gasteiger partial charge in [-0.05, 0) is 0 Å². The Kier molecular flexibility index (Phi) is 6.25. The van der Waals surface area contributed by atoms with E-state index in [0.29, 0.717) is 19.5 Å². The minimum absolute atomic E-state index is 0.124. The van der Waals surface area contributed by atoms with Gasteiger partial charge in [0, 0.05) is 19.5 Å². The average molecular weight is 116 g/mol. The summed E-state index contributed by atoms with van der Waals surface area (Å²) in [5, 5.41) is 11.0. The highest BCUT2D eigenvalue weighted by Gasteiger charge is 1.82. The summed E-state index contributed by atoms with van der Waals surface area (Å²) >= 11 is 0. The number of hydrogen-bond acceptors (Lipinski definition) is 3. The highest BCUT2D eigenvalue weighted by molar-refractivity contribution is 5.50. The Morgan fingerprint density at radius 3 is 2.75 bits per heavy atom. The molecule has 0 aliphatic rings. The fourth-order valence-electron chi connectivity index (χ4n) is 0.343. The van der Waals surface area contributed by atoms with Gasteiger partial charge in [-0.15, -0.1) is 0 Å². The second-order valence-electron chi connectivity index (χ2n) is 1.37. The summed E-state index contributed by atoms with van der Waals surface area (Å²) in [7, 11) is 0. The van der Waals surface area contributed by atoms with Gasteiger partial charge in [0.1, 0.15) is 0 Å². The molecule has 0 rings (SSSR count). The maximum atomic E-state index is 9.54. The third kappa shape index (κ3) is 5.59. The first-order chi connectivity index (χ1) is 3.91. The fraction of sp³-hybridized carbons (Fsp3) is 0.800. The minimum atomic E-state index is 0.124. The molecule has 0 fully saturated rings. The van der Waals surface area contributed by atoms with Crippen LogP contribution in [0.4, 0.5) is 0 Å². The van der Waals surface area contributed by atoms with Crippen molar-refractivity contribution in [2.24, 2.45) is 0 Å². The number of nitrogens with one attached hydrogen (secondary N) is 1. The van der Waals surface area contributed by atoms with Crippen molar-refractivity contribution in [3.8, 4) is 0 Å². The second-order valence-corrected chi connectivity index (χ2v) is 1.37. The number of hydrogen-bond donors (Lipinski definition) is 2. The van der Waals surface area contributed by atoms with Crippen molar-refractivity contribution in [2.75, 3.05) is 19.7 Å². The molecule has 47 valence electrons. The molecule has 0 aliphatic carbocycles. The van der Waals surface area contributed by atoms with Crippen LogP contribution in [-0.2, 0) is 4.79 Å². The highest BCUT2D eigenvalue weighted by Crippen LogP contribution is 1.64. The van der Waals surface area contributed by atoms with Gasteiger partial charge < -0.3 is 10.4 Å². The maximum absolute atomic E-state index is 9.54. The standard InChI is InChI=1S/C5H10NO2/c7-4-1-2-6-3-5-8/h6,8H,1-3,5H2. The molecule has 0 amide bonds. The van der Waals surface area contributed by atoms with E-state index < -0.39 is 0 Å². The molecule has 0 heterocycles. The van der Waals surface area contributed by atoms with Crippen molar-refractivity contribution >= 4 is 6.29 Å². The summed E-state index contributed by atoms with van der Waals surface area (Å²) in [6, 6.07) is 0. The normalized spacial score (nSPS) is 9.12. The minimum Gasteiger partial charge on any atom is -0.395 e. The van der Waals surface area contributed by atoms with Crippen LogP contribution < -0.4 is 5.32 Å². The Bertz CT molecular complexity index is 56.4. The number of aliphatic hydroxyl groups excluding tert-OH is 1. The summed E-state index contributed by atoms with van der Waals surface area (Å²) in [4.78, 5) is 9.54. The van der Waals surface area contributed by atoms with E-state index in [0.717, 1.165) is 0 Å². The highest BCUT2D eigenvalue weighted by atomic mass is 16.3. The summed E-state index contributed by atoms with van der Waals surface area (Å²) in [5.74, 6) is 0. The average Bonchev–Trinajstić information content (AvgIpc) is 1.81. The first kappa shape index (κ1) is 7.59. The Balaban J connectivity index is 2.62. The summed E-state index contributed by atoms with van der Waals surface area (Å²) in [6.45, 7) is 1.30. The molecule has 0 aromatic heterocycles. The summed E-state index contributed by atoms with van der Waals surface area (Å²) < 4.78 is 0. The molecular formula is C5H10NO2. The summed E-state index contributed by atoms with van der Waals surface area (Å²) in [5.41, 5.74) is 0. The van der Waals surface area contributed by atoms with Crippen molar-refractivity contribution < 1.29 is 9.90 Å². The quantitative estimate of drug-likeness (QED) is 0.456. The number of carbonyl (C=O) groups excluding carboxylic acids is 1. The lowest BCUT2D eigenvalue weighted by molar-refractivity contribution is 0.293. The first-order valence-corrected chi connectivity index (χ1v) is 2.58. The lowest BCUT2D eigenvalue weighted by Gasteiger charge is -1.94. The van der Waals surface area contributed by atoms with E-state index >= 15 is 0 Å². The largest absolute Gasteiger partial charge is 0.395 e. The van der Waals surface area contributed by atoms with E-state index in [9.17, 15) is 4.79 Å². The molecule has 0 aliphatic heterocycles. The molecule has 0 bridgehead atoms. The first-order valence-electron chi connectivity index (χ1n) is 2.58. The third-order valence-electron chi connectivity index (χ3n) is 0.692. The van der Waals surface area contributed by atoms with Crippen LogP contribution in [0, 0.1) is 0 Å². The van der Waals surface area contributed by atoms with Crippen molar-refractivity contribution in [2.45, 2.75) is 6.42 Å². The lowest BCUT2D eigenvalue weighted by Crippen LogP contribution is -2.19. The summed E-state index contributed by atoms with van der Waals surface area (Å²) in [6.07, 6.45) is 2.14. The van der Waals surface area contributed by atoms with Gasteiger partial charge in [-0.1, -0.05) is 0 Å². The van der Waals surface area contributed by atoms with Gasteiger partial charge in [0.25, 0.3) is 0 Å². The van der Waals surface area contributed by atoms with Crippen LogP contribution in [0.3, 0.4) is 0 Å². The van der Waals surface area contributed by atoms with E-state index in [2.05, 4.69) is 5.32 Å². The van der Waals surface area contributed by atoms with Crippen LogP contribution in [0.1, 0.15) is 6.42 Å². The van der Waals surface area contributed by atoms with Gasteiger partial charge in [0.15, 0.2) is 6.29 Å². The van der Waals surface area contributed by atoms with Gasteiger partial charge in [-0.2, -0.15) is 0 Å². The van der Waals surface area contributed by atoms with Crippen molar-refractivity contribution in [3.05, 3.63) is 0 Å². The van der Waals surface area contributed by atoms with E-state index in [4.69, 9.17) is 5.11 Å². The van der Waals surface area contributed by atoms with E-state index in [1.54, 1.807) is 6.29 Å². The van der Waals surface area contributed by atoms with Crippen molar-refractivity contribution in [1.82, 2.24) is 5.32 Å². The van der Waals surface area contributed by atoms with Gasteiger partial charge in [0.2, 0.25) is 0 Å². The predicted molar refractivity (Wildman–Crippen MR) is 30.3 cm³/mol. The zero-order chi connectivity index (χ0) is 6.24. The van der Waals surface area contributed by atoms with Crippen LogP contribution in [-0.4, -0.2) is 31.1 Å². The molecule has 0 spiro atoms. The Morgan fingerprint density at radius 2 is 2.25 bits per heavy atom. The topological polar surface area (TPSA) is 49.3 Å². The molecular weight excluding hydrogens is 106 g/mol. The lowest BCUT2D eigenvalue weighted by atomic mass is 10.5. The molecule has 0 aromatic carbocycles. The van der Waals surface area contributed by atoms with Crippen LogP contribution in [0.15, 0.2) is 0 Å². The molecule has 3 nitrogen and oxygen atoms in total. The molecule has 0 unspecified atom stereocenters. The van der Waals surface area contributed by atoms with Gasteiger partial charge >= 0.3 is 0 Å². The third-order valence-corrected chi connectivity index (χ3v) is 0.692. The van der Waals surface area contributed by atoms with E-state index in [1.165, 1.54) is 0 Å². The molecule has 1 radical (unpaired) electrons. The molecule has 0 saturated carbocycles. The van der Waals surface area contributed by atoms with Crippen LogP contribution in [0.5, 0.6) is 0 Å². The van der Waals surface area contributed by atoms with Crippen LogP contribution in [0.2, 0.25) is 0 Å². The van der Waals surface area contributed by atoms with Crippen molar-refractivity contribution in [3.63, 3.8) is 0 Å². The molecule has 3 heteroatoms. The number of aliphatic hydroxyl groups is 1. The molecule has 0 atom stereocenters. The zero-order valence-electron chi connectivity index (χ0n) is 4.68. The molecule has 2 N–H and O–H groups in total. The fourth-order valence-corrected chi connectivity index (χ4v) is 0.343. The number of rotatable bonds is 5. The molecule has 0 aromatic rings. The van der Waals surface area contributed by atoms with Gasteiger partial charge in [0.05, 0.1) is 6.61 Å². The predicted octanol–water partition coefficient (Wildman–Crippen LogP) is -0.932. The Hall–Kier alpha value is -0.410.